The highest BCUT2D eigenvalue weighted by molar-refractivity contribution is 6.16. The summed E-state index contributed by atoms with van der Waals surface area (Å²) in [4.78, 5) is 15.2. The van der Waals surface area contributed by atoms with E-state index in [0.29, 0.717) is 56.1 Å². The third kappa shape index (κ3) is 5.34. The van der Waals surface area contributed by atoms with E-state index < -0.39 is 18.1 Å². The number of para-hydroxylation sites is 1. The number of furan rings is 1. The fourth-order valence-electron chi connectivity index (χ4n) is 7.47. The Labute approximate surface area is 329 Å². The molecule has 0 unspecified atom stereocenters. The molecule has 0 amide bonds. The van der Waals surface area contributed by atoms with Gasteiger partial charge in [0.15, 0.2) is 17.5 Å². The minimum absolute atomic E-state index is 0.000867. The van der Waals surface area contributed by atoms with Gasteiger partial charge in [0.1, 0.15) is 11.2 Å². The van der Waals surface area contributed by atoms with Crippen LogP contribution in [0.2, 0.25) is 0 Å². The predicted molar refractivity (Wildman–Crippen MR) is 227 cm³/mol. The zero-order valence-electron chi connectivity index (χ0n) is 38.0. The fraction of sp³-hybridized carbons (Fsp3) is 0. The van der Waals surface area contributed by atoms with E-state index in [4.69, 9.17) is 30.3 Å². The largest absolute Gasteiger partial charge is 0.456 e. The van der Waals surface area contributed by atoms with Gasteiger partial charge in [0.2, 0.25) is 0 Å². The normalized spacial score (nSPS) is 13.9. The van der Waals surface area contributed by atoms with Crippen molar-refractivity contribution in [1.29, 1.82) is 0 Å². The molecule has 11 aromatic rings. The standard InChI is InChI=1S/C51H31N3O/c1-2-11-32(12-3-1)33-21-24-35(25-22-33)49-52-50(38-27-28-42-37(29-38)26-23-34-13-4-6-15-40(34)42)54-51(53-49)39-30-36-14-5-7-16-41(36)45(31-39)43-18-10-20-47-48(43)44-17-8-9-19-46(44)55-47/h1-31H/i1D,2D,3D,8D,11D,12D,18D,19D,20D. The van der Waals surface area contributed by atoms with Crippen LogP contribution in [0.15, 0.2) is 192 Å². The quantitative estimate of drug-likeness (QED) is 0.167. The second-order valence-corrected chi connectivity index (χ2v) is 13.3. The van der Waals surface area contributed by atoms with Crippen molar-refractivity contribution in [2.75, 3.05) is 0 Å². The summed E-state index contributed by atoms with van der Waals surface area (Å²) in [5.41, 5.74) is 4.06. The fourth-order valence-corrected chi connectivity index (χ4v) is 7.47. The lowest BCUT2D eigenvalue weighted by Gasteiger charge is -2.13. The van der Waals surface area contributed by atoms with Gasteiger partial charge in [0.05, 0.1) is 12.3 Å². The molecule has 0 spiro atoms. The Hall–Kier alpha value is -7.43. The summed E-state index contributed by atoms with van der Waals surface area (Å²) in [6.45, 7) is 0. The summed E-state index contributed by atoms with van der Waals surface area (Å²) in [6.07, 6.45) is 0. The monoisotopic (exact) mass is 710 g/mol. The first-order valence-electron chi connectivity index (χ1n) is 22.3. The number of rotatable bonds is 5. The smallest absolute Gasteiger partial charge is 0.164 e. The van der Waals surface area contributed by atoms with Crippen molar-refractivity contribution in [2.45, 2.75) is 0 Å². The molecular weight excluding hydrogens is 671 g/mol. The van der Waals surface area contributed by atoms with Crippen molar-refractivity contribution >= 4 is 54.3 Å². The topological polar surface area (TPSA) is 51.8 Å². The maximum Gasteiger partial charge on any atom is 0.164 e. The third-order valence-corrected chi connectivity index (χ3v) is 10.1. The van der Waals surface area contributed by atoms with Crippen LogP contribution in [0.4, 0.5) is 0 Å². The number of hydrogen-bond acceptors (Lipinski definition) is 4. The SMILES string of the molecule is [2H]c1cc([2H])c2oc3c([2H])cc([2H])c(-c4cc(-c5nc(-c6ccc(-c7c([2H])c([2H])c([2H])c([2H])c7[2H])cc6)nc(-c6ccc7c(ccc8ccccc87)c6)n5)cc5ccccc45)c3c2c1. The summed E-state index contributed by atoms with van der Waals surface area (Å²) >= 11 is 0. The molecule has 9 aromatic carbocycles. The van der Waals surface area contributed by atoms with E-state index >= 15 is 0 Å². The van der Waals surface area contributed by atoms with Crippen molar-refractivity contribution in [3.05, 3.63) is 188 Å². The number of nitrogens with zero attached hydrogens (tertiary/aromatic N) is 3. The molecule has 0 aliphatic heterocycles. The molecule has 0 fully saturated rings. The first-order chi connectivity index (χ1) is 30.9. The van der Waals surface area contributed by atoms with Crippen LogP contribution in [-0.2, 0) is 0 Å². The van der Waals surface area contributed by atoms with Crippen LogP contribution in [0.3, 0.4) is 0 Å². The average Bonchev–Trinajstić information content (AvgIpc) is 3.70. The lowest BCUT2D eigenvalue weighted by atomic mass is 9.92. The summed E-state index contributed by atoms with van der Waals surface area (Å²) < 4.78 is 82.8. The molecule has 55 heavy (non-hydrogen) atoms. The number of hydrogen-bond donors (Lipinski definition) is 0. The van der Waals surface area contributed by atoms with Crippen molar-refractivity contribution < 1.29 is 16.8 Å². The Kier molecular flexibility index (Phi) is 5.34. The maximum absolute atomic E-state index is 9.30. The van der Waals surface area contributed by atoms with Crippen LogP contribution in [0.1, 0.15) is 12.3 Å². The molecule has 0 aliphatic rings. The van der Waals surface area contributed by atoms with Crippen LogP contribution in [0.25, 0.3) is 111 Å². The van der Waals surface area contributed by atoms with Gasteiger partial charge in [-0.15, -0.1) is 0 Å². The van der Waals surface area contributed by atoms with Crippen molar-refractivity contribution in [1.82, 2.24) is 15.0 Å². The Balaban J connectivity index is 1.14. The molecule has 0 atom stereocenters. The molecule has 0 bridgehead atoms. The lowest BCUT2D eigenvalue weighted by molar-refractivity contribution is 0.669. The highest BCUT2D eigenvalue weighted by Crippen LogP contribution is 2.41. The second kappa shape index (κ2) is 12.6. The first-order valence-corrected chi connectivity index (χ1v) is 17.8. The molecule has 0 saturated heterocycles. The molecule has 4 nitrogen and oxygen atoms in total. The second-order valence-electron chi connectivity index (χ2n) is 13.3. The highest BCUT2D eigenvalue weighted by atomic mass is 16.3. The van der Waals surface area contributed by atoms with E-state index in [1.54, 1.807) is 30.3 Å². The molecule has 0 N–H and O–H groups in total. The van der Waals surface area contributed by atoms with Crippen molar-refractivity contribution in [2.24, 2.45) is 0 Å². The van der Waals surface area contributed by atoms with Crippen LogP contribution in [0.5, 0.6) is 0 Å². The molecular formula is C51H31N3O. The van der Waals surface area contributed by atoms with Crippen molar-refractivity contribution in [3.8, 4) is 56.4 Å². The van der Waals surface area contributed by atoms with E-state index in [9.17, 15) is 1.37 Å². The van der Waals surface area contributed by atoms with Crippen LogP contribution < -0.4 is 0 Å². The van der Waals surface area contributed by atoms with Gasteiger partial charge in [-0.2, -0.15) is 0 Å². The van der Waals surface area contributed by atoms with Gasteiger partial charge in [-0.3, -0.25) is 0 Å². The first kappa shape index (κ1) is 23.3. The zero-order chi connectivity index (χ0) is 44.1. The minimum Gasteiger partial charge on any atom is -0.456 e. The van der Waals surface area contributed by atoms with Gasteiger partial charge >= 0.3 is 0 Å². The summed E-state index contributed by atoms with van der Waals surface area (Å²) in [7, 11) is 0. The Bertz CT molecular complexity index is 3770. The number of aromatic nitrogens is 3. The Morgan fingerprint density at radius 1 is 0.364 bits per heavy atom. The highest BCUT2D eigenvalue weighted by Gasteiger charge is 2.18. The van der Waals surface area contributed by atoms with E-state index in [-0.39, 0.29) is 53.0 Å². The molecule has 4 heteroatoms. The molecule has 2 heterocycles. The minimum atomic E-state index is -0.460. The molecule has 256 valence electrons. The van der Waals surface area contributed by atoms with Crippen molar-refractivity contribution in [3.63, 3.8) is 0 Å². The molecule has 0 saturated carbocycles. The van der Waals surface area contributed by atoms with Crippen LogP contribution in [0, 0.1) is 0 Å². The van der Waals surface area contributed by atoms with Crippen LogP contribution >= 0.6 is 0 Å². The number of benzene rings is 9. The van der Waals surface area contributed by atoms with Gasteiger partial charge in [-0.1, -0.05) is 158 Å². The van der Waals surface area contributed by atoms with Gasteiger partial charge < -0.3 is 4.42 Å². The molecule has 2 aromatic heterocycles. The van der Waals surface area contributed by atoms with E-state index in [0.717, 1.165) is 37.9 Å². The van der Waals surface area contributed by atoms with Gasteiger partial charge in [0, 0.05) is 27.5 Å². The summed E-state index contributed by atoms with van der Waals surface area (Å²) in [6, 6.07) is 39.8. The Morgan fingerprint density at radius 2 is 1.00 bits per heavy atom. The van der Waals surface area contributed by atoms with Gasteiger partial charge in [-0.25, -0.2) is 15.0 Å². The summed E-state index contributed by atoms with van der Waals surface area (Å²) in [5.74, 6) is 1.06. The van der Waals surface area contributed by atoms with E-state index in [1.807, 2.05) is 54.6 Å². The molecule has 0 radical (unpaired) electrons. The summed E-state index contributed by atoms with van der Waals surface area (Å²) in [5, 5.41) is 6.92. The third-order valence-electron chi connectivity index (χ3n) is 10.1. The van der Waals surface area contributed by atoms with E-state index in [1.165, 1.54) is 12.1 Å². The lowest BCUT2D eigenvalue weighted by Crippen LogP contribution is -2.00. The predicted octanol–water partition coefficient (Wildman–Crippen LogP) is 13.6. The zero-order valence-corrected chi connectivity index (χ0v) is 29.0. The maximum atomic E-state index is 9.30. The molecule has 11 rings (SSSR count). The van der Waals surface area contributed by atoms with Crippen LogP contribution in [-0.4, -0.2) is 15.0 Å². The van der Waals surface area contributed by atoms with E-state index in [2.05, 4.69) is 36.4 Å². The molecule has 0 aliphatic carbocycles. The van der Waals surface area contributed by atoms with Gasteiger partial charge in [0.25, 0.3) is 0 Å². The Morgan fingerprint density at radius 3 is 1.85 bits per heavy atom. The number of fused-ring (bicyclic) bond motifs is 7. The average molecular weight is 711 g/mol. The van der Waals surface area contributed by atoms with Gasteiger partial charge in [-0.05, 0) is 84.9 Å².